The van der Waals surface area contributed by atoms with Crippen LogP contribution in [0.15, 0.2) is 66.7 Å². The molecule has 21 heavy (non-hydrogen) atoms. The van der Waals surface area contributed by atoms with E-state index in [1.54, 1.807) is 0 Å². The van der Waals surface area contributed by atoms with Gasteiger partial charge < -0.3 is 10.1 Å². The summed E-state index contributed by atoms with van der Waals surface area (Å²) >= 11 is 0. The van der Waals surface area contributed by atoms with Gasteiger partial charge in [-0.15, -0.1) is 0 Å². The van der Waals surface area contributed by atoms with E-state index in [4.69, 9.17) is 4.74 Å². The molecule has 0 unspecified atom stereocenters. The first kappa shape index (κ1) is 13.9. The molecule has 1 aliphatic rings. The van der Waals surface area contributed by atoms with Crippen molar-refractivity contribution in [3.8, 4) is 16.9 Å². The molecule has 108 valence electrons. The van der Waals surface area contributed by atoms with E-state index in [0.29, 0.717) is 12.6 Å². The molecule has 0 radical (unpaired) electrons. The fraction of sp³-hybridized carbons (Fsp3) is 0.263. The van der Waals surface area contributed by atoms with Crippen LogP contribution in [0.3, 0.4) is 0 Å². The zero-order chi connectivity index (χ0) is 14.5. The largest absolute Gasteiger partial charge is 0.489 e. The van der Waals surface area contributed by atoms with Crippen LogP contribution in [-0.4, -0.2) is 19.2 Å². The summed E-state index contributed by atoms with van der Waals surface area (Å²) in [7, 11) is 0. The van der Waals surface area contributed by atoms with Crippen molar-refractivity contribution in [2.75, 3.05) is 13.2 Å². The molecule has 1 fully saturated rings. The molecule has 0 bridgehead atoms. The standard InChI is InChI=1S/C19H21NO/c1-15(13-20-17-11-12-17)14-21-19-10-6-5-9-18(19)16-7-3-2-4-8-16/h2-10,17,20H,1,11-14H2. The van der Waals surface area contributed by atoms with Crippen molar-refractivity contribution in [3.05, 3.63) is 66.7 Å². The minimum absolute atomic E-state index is 0.559. The van der Waals surface area contributed by atoms with E-state index < -0.39 is 0 Å². The zero-order valence-corrected chi connectivity index (χ0v) is 12.2. The molecule has 2 aromatic rings. The number of ether oxygens (including phenoxy) is 1. The molecule has 0 saturated heterocycles. The average molecular weight is 279 g/mol. The average Bonchev–Trinajstić information content (AvgIpc) is 3.36. The van der Waals surface area contributed by atoms with E-state index >= 15 is 0 Å². The van der Waals surface area contributed by atoms with Crippen molar-refractivity contribution in [1.82, 2.24) is 5.32 Å². The number of para-hydroxylation sites is 1. The SMILES string of the molecule is C=C(CNC1CC1)COc1ccccc1-c1ccccc1. The molecular weight excluding hydrogens is 258 g/mol. The summed E-state index contributed by atoms with van der Waals surface area (Å²) in [5.41, 5.74) is 3.39. The summed E-state index contributed by atoms with van der Waals surface area (Å²) < 4.78 is 5.97. The van der Waals surface area contributed by atoms with Crippen LogP contribution >= 0.6 is 0 Å². The van der Waals surface area contributed by atoms with E-state index in [-0.39, 0.29) is 0 Å². The van der Waals surface area contributed by atoms with Crippen molar-refractivity contribution < 1.29 is 4.74 Å². The molecule has 1 aliphatic carbocycles. The molecule has 0 amide bonds. The minimum Gasteiger partial charge on any atom is -0.489 e. The summed E-state index contributed by atoms with van der Waals surface area (Å²) in [5, 5.41) is 3.46. The molecule has 3 rings (SSSR count). The van der Waals surface area contributed by atoms with Crippen molar-refractivity contribution >= 4 is 0 Å². The van der Waals surface area contributed by atoms with Crippen LogP contribution in [0.4, 0.5) is 0 Å². The van der Waals surface area contributed by atoms with Gasteiger partial charge in [0.25, 0.3) is 0 Å². The van der Waals surface area contributed by atoms with Gasteiger partial charge in [0, 0.05) is 18.2 Å². The Hall–Kier alpha value is -2.06. The third-order valence-electron chi connectivity index (χ3n) is 3.62. The second-order valence-electron chi connectivity index (χ2n) is 5.56. The van der Waals surface area contributed by atoms with E-state index in [9.17, 15) is 0 Å². The first-order valence-electron chi connectivity index (χ1n) is 7.50. The van der Waals surface area contributed by atoms with Gasteiger partial charge in [-0.1, -0.05) is 55.1 Å². The lowest BCUT2D eigenvalue weighted by Crippen LogP contribution is -2.21. The maximum Gasteiger partial charge on any atom is 0.127 e. The summed E-state index contributed by atoms with van der Waals surface area (Å²) in [6.45, 7) is 5.49. The van der Waals surface area contributed by atoms with Crippen LogP contribution in [0, 0.1) is 0 Å². The lowest BCUT2D eigenvalue weighted by molar-refractivity contribution is 0.349. The predicted molar refractivity (Wildman–Crippen MR) is 87.5 cm³/mol. The lowest BCUT2D eigenvalue weighted by Gasteiger charge is -2.13. The molecule has 2 aromatic carbocycles. The van der Waals surface area contributed by atoms with Crippen LogP contribution < -0.4 is 10.1 Å². The van der Waals surface area contributed by atoms with Gasteiger partial charge in [-0.25, -0.2) is 0 Å². The quantitative estimate of drug-likeness (QED) is 0.772. The second kappa shape index (κ2) is 6.59. The van der Waals surface area contributed by atoms with Gasteiger partial charge in [0.05, 0.1) is 0 Å². The van der Waals surface area contributed by atoms with Crippen molar-refractivity contribution in [2.45, 2.75) is 18.9 Å². The Morgan fingerprint density at radius 2 is 1.76 bits per heavy atom. The van der Waals surface area contributed by atoms with Crippen molar-refractivity contribution in [1.29, 1.82) is 0 Å². The van der Waals surface area contributed by atoms with E-state index in [1.165, 1.54) is 18.4 Å². The Bertz CT molecular complexity index is 602. The van der Waals surface area contributed by atoms with Gasteiger partial charge in [-0.2, -0.15) is 0 Å². The van der Waals surface area contributed by atoms with Gasteiger partial charge in [0.1, 0.15) is 12.4 Å². The molecule has 0 heterocycles. The minimum atomic E-state index is 0.559. The normalized spacial score (nSPS) is 13.9. The lowest BCUT2D eigenvalue weighted by atomic mass is 10.1. The van der Waals surface area contributed by atoms with Crippen LogP contribution in [-0.2, 0) is 0 Å². The molecule has 2 heteroatoms. The molecular formula is C19H21NO. The molecule has 1 N–H and O–H groups in total. The van der Waals surface area contributed by atoms with E-state index in [1.807, 2.05) is 36.4 Å². The van der Waals surface area contributed by atoms with Gasteiger partial charge in [-0.3, -0.25) is 0 Å². The van der Waals surface area contributed by atoms with Gasteiger partial charge in [-0.05, 0) is 30.0 Å². The van der Waals surface area contributed by atoms with Crippen LogP contribution in [0.25, 0.3) is 11.1 Å². The molecule has 0 atom stereocenters. The summed E-state index contributed by atoms with van der Waals surface area (Å²) in [6, 6.07) is 19.2. The maximum atomic E-state index is 5.97. The monoisotopic (exact) mass is 279 g/mol. The highest BCUT2D eigenvalue weighted by Crippen LogP contribution is 2.29. The topological polar surface area (TPSA) is 21.3 Å². The molecule has 0 spiro atoms. The van der Waals surface area contributed by atoms with Gasteiger partial charge in [0.15, 0.2) is 0 Å². The number of benzene rings is 2. The van der Waals surface area contributed by atoms with Gasteiger partial charge >= 0.3 is 0 Å². The number of hydrogen-bond donors (Lipinski definition) is 1. The van der Waals surface area contributed by atoms with Crippen LogP contribution in [0.1, 0.15) is 12.8 Å². The molecule has 0 aliphatic heterocycles. The number of nitrogens with one attached hydrogen (secondary N) is 1. The smallest absolute Gasteiger partial charge is 0.127 e. The first-order chi connectivity index (χ1) is 10.3. The maximum absolute atomic E-state index is 5.97. The molecule has 0 aromatic heterocycles. The number of hydrogen-bond acceptors (Lipinski definition) is 2. The zero-order valence-electron chi connectivity index (χ0n) is 12.2. The van der Waals surface area contributed by atoms with Crippen LogP contribution in [0.2, 0.25) is 0 Å². The van der Waals surface area contributed by atoms with Crippen molar-refractivity contribution in [3.63, 3.8) is 0 Å². The Balaban J connectivity index is 1.63. The highest BCUT2D eigenvalue weighted by molar-refractivity contribution is 5.70. The first-order valence-corrected chi connectivity index (χ1v) is 7.50. The highest BCUT2D eigenvalue weighted by atomic mass is 16.5. The summed E-state index contributed by atoms with van der Waals surface area (Å²) in [5.74, 6) is 0.913. The molecule has 2 nitrogen and oxygen atoms in total. The van der Waals surface area contributed by atoms with E-state index in [2.05, 4.69) is 30.1 Å². The predicted octanol–water partition coefficient (Wildman–Crippen LogP) is 4.04. The third-order valence-corrected chi connectivity index (χ3v) is 3.62. The fourth-order valence-electron chi connectivity index (χ4n) is 2.26. The fourth-order valence-corrected chi connectivity index (χ4v) is 2.26. The molecule has 1 saturated carbocycles. The summed E-state index contributed by atoms with van der Waals surface area (Å²) in [6.07, 6.45) is 2.59. The summed E-state index contributed by atoms with van der Waals surface area (Å²) in [4.78, 5) is 0. The van der Waals surface area contributed by atoms with Gasteiger partial charge in [0.2, 0.25) is 0 Å². The Labute approximate surface area is 126 Å². The third kappa shape index (κ3) is 3.96. The number of rotatable bonds is 7. The highest BCUT2D eigenvalue weighted by Gasteiger charge is 2.20. The second-order valence-corrected chi connectivity index (χ2v) is 5.56. The Morgan fingerprint density at radius 3 is 2.52 bits per heavy atom. The van der Waals surface area contributed by atoms with Crippen molar-refractivity contribution in [2.24, 2.45) is 0 Å². The Kier molecular flexibility index (Phi) is 4.37. The Morgan fingerprint density at radius 1 is 1.05 bits per heavy atom. The van der Waals surface area contributed by atoms with Crippen LogP contribution in [0.5, 0.6) is 5.75 Å². The van der Waals surface area contributed by atoms with E-state index in [0.717, 1.165) is 23.4 Å².